The number of hydrogen-bond donors (Lipinski definition) is 2. The van der Waals surface area contributed by atoms with Gasteiger partial charge in [0.2, 0.25) is 0 Å². The molecular formula is C15H19NO2. The highest BCUT2D eigenvalue weighted by Crippen LogP contribution is 2.46. The van der Waals surface area contributed by atoms with E-state index in [0.717, 1.165) is 12.8 Å². The standard InChI is InChI=1S/C15H19NO2/c17-14(18)9-8-10-4-3-6-12-11-5-1-2-7-13(11)16-15(10)12/h1-2,5,7,10,12,15-16H,3-4,6,8-9H2,(H,17,18). The fourth-order valence-electron chi connectivity index (χ4n) is 3.62. The maximum Gasteiger partial charge on any atom is 0.303 e. The first kappa shape index (κ1) is 11.6. The lowest BCUT2D eigenvalue weighted by molar-refractivity contribution is -0.137. The fourth-order valence-corrected chi connectivity index (χ4v) is 3.62. The molecule has 3 nitrogen and oxygen atoms in total. The van der Waals surface area contributed by atoms with Crippen LogP contribution >= 0.6 is 0 Å². The second-order valence-corrected chi connectivity index (χ2v) is 5.49. The topological polar surface area (TPSA) is 49.3 Å². The lowest BCUT2D eigenvalue weighted by atomic mass is 9.74. The largest absolute Gasteiger partial charge is 0.481 e. The molecule has 1 aliphatic heterocycles. The summed E-state index contributed by atoms with van der Waals surface area (Å²) in [5.41, 5.74) is 2.69. The second-order valence-electron chi connectivity index (χ2n) is 5.49. The van der Waals surface area contributed by atoms with Gasteiger partial charge in [-0.25, -0.2) is 0 Å². The van der Waals surface area contributed by atoms with Crippen LogP contribution in [0.25, 0.3) is 0 Å². The fraction of sp³-hybridized carbons (Fsp3) is 0.533. The predicted octanol–water partition coefficient (Wildman–Crippen LogP) is 3.23. The van der Waals surface area contributed by atoms with Gasteiger partial charge >= 0.3 is 5.97 Å². The molecule has 1 aliphatic carbocycles. The average molecular weight is 245 g/mol. The Hall–Kier alpha value is -1.51. The van der Waals surface area contributed by atoms with Gasteiger partial charge in [0, 0.05) is 24.1 Å². The van der Waals surface area contributed by atoms with E-state index < -0.39 is 5.97 Å². The summed E-state index contributed by atoms with van der Waals surface area (Å²) in [5, 5.41) is 12.5. The third-order valence-electron chi connectivity index (χ3n) is 4.44. The van der Waals surface area contributed by atoms with Gasteiger partial charge in [0.25, 0.3) is 0 Å². The van der Waals surface area contributed by atoms with Crippen LogP contribution in [0.5, 0.6) is 0 Å². The zero-order valence-corrected chi connectivity index (χ0v) is 10.4. The van der Waals surface area contributed by atoms with Crippen LogP contribution < -0.4 is 5.32 Å². The van der Waals surface area contributed by atoms with E-state index in [2.05, 4.69) is 29.6 Å². The van der Waals surface area contributed by atoms with Gasteiger partial charge in [-0.15, -0.1) is 0 Å². The Morgan fingerprint density at radius 3 is 3.00 bits per heavy atom. The van der Waals surface area contributed by atoms with E-state index in [1.54, 1.807) is 0 Å². The van der Waals surface area contributed by atoms with Crippen LogP contribution in [-0.2, 0) is 4.79 Å². The van der Waals surface area contributed by atoms with Crippen LogP contribution in [0, 0.1) is 5.92 Å². The lowest BCUT2D eigenvalue weighted by Crippen LogP contribution is -2.34. The predicted molar refractivity (Wildman–Crippen MR) is 70.8 cm³/mol. The number of carboxylic acids is 1. The van der Waals surface area contributed by atoms with Gasteiger partial charge in [0.15, 0.2) is 0 Å². The molecule has 3 unspecified atom stereocenters. The number of para-hydroxylation sites is 1. The van der Waals surface area contributed by atoms with Gasteiger partial charge in [0.1, 0.15) is 0 Å². The van der Waals surface area contributed by atoms with Crippen molar-refractivity contribution in [2.24, 2.45) is 5.92 Å². The van der Waals surface area contributed by atoms with E-state index in [0.29, 0.717) is 24.3 Å². The molecule has 18 heavy (non-hydrogen) atoms. The molecule has 2 N–H and O–H groups in total. The molecule has 0 saturated heterocycles. The highest BCUT2D eigenvalue weighted by molar-refractivity contribution is 5.66. The van der Waals surface area contributed by atoms with Crippen molar-refractivity contribution in [2.45, 2.75) is 44.1 Å². The summed E-state index contributed by atoms with van der Waals surface area (Å²) in [5.74, 6) is 0.425. The van der Waals surface area contributed by atoms with Crippen LogP contribution in [0.1, 0.15) is 43.6 Å². The van der Waals surface area contributed by atoms with Crippen molar-refractivity contribution in [3.8, 4) is 0 Å². The number of fused-ring (bicyclic) bond motifs is 3. The number of anilines is 1. The molecule has 1 aromatic rings. The van der Waals surface area contributed by atoms with Crippen molar-refractivity contribution in [1.29, 1.82) is 0 Å². The Kier molecular flexibility index (Phi) is 2.98. The SMILES string of the molecule is O=C(O)CCC1CCCC2c3ccccc3NC12. The highest BCUT2D eigenvalue weighted by Gasteiger charge is 2.39. The molecule has 0 radical (unpaired) electrons. The van der Waals surface area contributed by atoms with E-state index in [1.165, 1.54) is 24.1 Å². The van der Waals surface area contributed by atoms with Crippen LogP contribution in [-0.4, -0.2) is 17.1 Å². The first-order valence-electron chi connectivity index (χ1n) is 6.83. The molecule has 0 amide bonds. The van der Waals surface area contributed by atoms with Gasteiger partial charge in [-0.1, -0.05) is 24.6 Å². The summed E-state index contributed by atoms with van der Waals surface area (Å²) in [6.45, 7) is 0. The number of hydrogen-bond acceptors (Lipinski definition) is 2. The Balaban J connectivity index is 1.77. The summed E-state index contributed by atoms with van der Waals surface area (Å²) in [4.78, 5) is 10.7. The molecule has 0 spiro atoms. The van der Waals surface area contributed by atoms with Gasteiger partial charge in [-0.2, -0.15) is 0 Å². The summed E-state index contributed by atoms with van der Waals surface area (Å²) < 4.78 is 0. The van der Waals surface area contributed by atoms with Gasteiger partial charge in [-0.05, 0) is 36.8 Å². The van der Waals surface area contributed by atoms with Crippen LogP contribution in [0.3, 0.4) is 0 Å². The number of rotatable bonds is 3. The minimum Gasteiger partial charge on any atom is -0.481 e. The van der Waals surface area contributed by atoms with Crippen LogP contribution in [0.4, 0.5) is 5.69 Å². The molecule has 0 bridgehead atoms. The highest BCUT2D eigenvalue weighted by atomic mass is 16.4. The zero-order valence-electron chi connectivity index (χ0n) is 10.4. The normalized spacial score (nSPS) is 29.2. The molecule has 3 heteroatoms. The van der Waals surface area contributed by atoms with Gasteiger partial charge < -0.3 is 10.4 Å². The minimum absolute atomic E-state index is 0.298. The molecule has 3 rings (SSSR count). The molecule has 1 fully saturated rings. The number of benzene rings is 1. The van der Waals surface area contributed by atoms with Crippen molar-refractivity contribution in [3.63, 3.8) is 0 Å². The second kappa shape index (κ2) is 4.63. The number of aliphatic carboxylic acids is 1. The number of carboxylic acid groups (broad SMARTS) is 1. The maximum atomic E-state index is 10.7. The summed E-state index contributed by atoms with van der Waals surface area (Å²) in [6.07, 6.45) is 4.72. The Bertz CT molecular complexity index is 458. The smallest absolute Gasteiger partial charge is 0.303 e. The molecule has 2 aliphatic rings. The van der Waals surface area contributed by atoms with E-state index in [4.69, 9.17) is 5.11 Å². The van der Waals surface area contributed by atoms with Crippen LogP contribution in [0.15, 0.2) is 24.3 Å². The quantitative estimate of drug-likeness (QED) is 0.859. The lowest BCUT2D eigenvalue weighted by Gasteiger charge is -2.34. The monoisotopic (exact) mass is 245 g/mol. The summed E-state index contributed by atoms with van der Waals surface area (Å²) in [6, 6.07) is 8.98. The van der Waals surface area contributed by atoms with Crippen molar-refractivity contribution >= 4 is 11.7 Å². The zero-order chi connectivity index (χ0) is 12.5. The first-order chi connectivity index (χ1) is 8.75. The molecule has 3 atom stereocenters. The minimum atomic E-state index is -0.673. The third-order valence-corrected chi connectivity index (χ3v) is 4.44. The average Bonchev–Trinajstić information content (AvgIpc) is 2.75. The Morgan fingerprint density at radius 1 is 1.33 bits per heavy atom. The molecule has 1 heterocycles. The van der Waals surface area contributed by atoms with E-state index in [1.807, 2.05) is 0 Å². The third kappa shape index (κ3) is 1.98. The van der Waals surface area contributed by atoms with E-state index in [-0.39, 0.29) is 0 Å². The number of carbonyl (C=O) groups is 1. The van der Waals surface area contributed by atoms with Gasteiger partial charge in [0.05, 0.1) is 0 Å². The van der Waals surface area contributed by atoms with Gasteiger partial charge in [-0.3, -0.25) is 4.79 Å². The molecule has 0 aromatic heterocycles. The molecular weight excluding hydrogens is 226 g/mol. The van der Waals surface area contributed by atoms with Crippen molar-refractivity contribution in [3.05, 3.63) is 29.8 Å². The first-order valence-corrected chi connectivity index (χ1v) is 6.83. The Morgan fingerprint density at radius 2 is 2.17 bits per heavy atom. The molecule has 1 saturated carbocycles. The van der Waals surface area contributed by atoms with E-state index in [9.17, 15) is 4.79 Å². The summed E-state index contributed by atoms with van der Waals surface area (Å²) >= 11 is 0. The number of nitrogens with one attached hydrogen (secondary N) is 1. The maximum absolute atomic E-state index is 10.7. The van der Waals surface area contributed by atoms with Crippen molar-refractivity contribution < 1.29 is 9.90 Å². The van der Waals surface area contributed by atoms with Crippen molar-refractivity contribution in [1.82, 2.24) is 0 Å². The van der Waals surface area contributed by atoms with Crippen molar-refractivity contribution in [2.75, 3.05) is 5.32 Å². The van der Waals surface area contributed by atoms with Crippen LogP contribution in [0.2, 0.25) is 0 Å². The van der Waals surface area contributed by atoms with E-state index >= 15 is 0 Å². The Labute approximate surface area is 107 Å². The molecule has 96 valence electrons. The summed E-state index contributed by atoms with van der Waals surface area (Å²) in [7, 11) is 0. The molecule has 1 aromatic carbocycles.